The van der Waals surface area contributed by atoms with E-state index < -0.39 is 5.79 Å². The van der Waals surface area contributed by atoms with Crippen molar-refractivity contribution in [1.29, 1.82) is 0 Å². The van der Waals surface area contributed by atoms with E-state index in [4.69, 9.17) is 9.47 Å². The normalized spacial score (nSPS) is 14.6. The van der Waals surface area contributed by atoms with Crippen LogP contribution in [0.2, 0.25) is 0 Å². The molecule has 0 saturated carbocycles. The molecule has 0 saturated heterocycles. The third-order valence-electron chi connectivity index (χ3n) is 4.21. The van der Waals surface area contributed by atoms with Gasteiger partial charge in [0.1, 0.15) is 0 Å². The number of hydrogen-bond donors (Lipinski definition) is 0. The lowest BCUT2D eigenvalue weighted by molar-refractivity contribution is -0.252. The Hall–Kier alpha value is -0.0800. The van der Waals surface area contributed by atoms with Gasteiger partial charge in [-0.2, -0.15) is 0 Å². The van der Waals surface area contributed by atoms with E-state index in [-0.39, 0.29) is 5.41 Å². The van der Waals surface area contributed by atoms with Crippen molar-refractivity contribution in [1.82, 2.24) is 0 Å². The van der Waals surface area contributed by atoms with Crippen molar-refractivity contribution >= 4 is 0 Å². The molecule has 0 N–H and O–H groups in total. The lowest BCUT2D eigenvalue weighted by atomic mass is 9.80. The van der Waals surface area contributed by atoms with Crippen LogP contribution in [0.25, 0.3) is 0 Å². The highest BCUT2D eigenvalue weighted by Gasteiger charge is 2.39. The van der Waals surface area contributed by atoms with E-state index >= 15 is 0 Å². The second kappa shape index (κ2) is 9.78. The summed E-state index contributed by atoms with van der Waals surface area (Å²) in [5, 5.41) is 0. The molecular formula is C18H38O2. The van der Waals surface area contributed by atoms with E-state index in [1.165, 1.54) is 44.9 Å². The van der Waals surface area contributed by atoms with Crippen LogP contribution in [0.1, 0.15) is 86.0 Å². The molecule has 1 unspecified atom stereocenters. The van der Waals surface area contributed by atoms with Crippen LogP contribution in [0.15, 0.2) is 0 Å². The smallest absolute Gasteiger partial charge is 0.170 e. The second-order valence-corrected chi connectivity index (χ2v) is 7.42. The Morgan fingerprint density at radius 2 is 1.35 bits per heavy atom. The third kappa shape index (κ3) is 7.64. The van der Waals surface area contributed by atoms with E-state index in [0.717, 1.165) is 6.42 Å². The Balaban J connectivity index is 4.25. The van der Waals surface area contributed by atoms with Gasteiger partial charge in [-0.3, -0.25) is 0 Å². The summed E-state index contributed by atoms with van der Waals surface area (Å²) in [6.07, 6.45) is 10.2. The molecule has 0 spiro atoms. The summed E-state index contributed by atoms with van der Waals surface area (Å²) < 4.78 is 11.6. The van der Waals surface area contributed by atoms with Crippen LogP contribution in [-0.2, 0) is 9.47 Å². The Labute approximate surface area is 127 Å². The standard InChI is InChI=1S/C18H38O2/c1-8-9-10-11-12-13-14-16(2)18(19-6,20-7)15-17(3,4)5/h16H,8-15H2,1-7H3. The highest BCUT2D eigenvalue weighted by molar-refractivity contribution is 4.82. The summed E-state index contributed by atoms with van der Waals surface area (Å²) in [7, 11) is 3.57. The minimum absolute atomic E-state index is 0.210. The zero-order valence-corrected chi connectivity index (χ0v) is 15.1. The molecule has 0 amide bonds. The average molecular weight is 286 g/mol. The first-order valence-corrected chi connectivity index (χ1v) is 8.41. The highest BCUT2D eigenvalue weighted by Crippen LogP contribution is 2.37. The Kier molecular flexibility index (Phi) is 9.74. The van der Waals surface area contributed by atoms with Gasteiger partial charge in [-0.15, -0.1) is 0 Å². The number of hydrogen-bond acceptors (Lipinski definition) is 2. The molecule has 20 heavy (non-hydrogen) atoms. The van der Waals surface area contributed by atoms with Crippen molar-refractivity contribution in [2.75, 3.05) is 14.2 Å². The maximum absolute atomic E-state index is 5.80. The third-order valence-corrected chi connectivity index (χ3v) is 4.21. The molecule has 122 valence electrons. The Morgan fingerprint density at radius 3 is 1.80 bits per heavy atom. The molecule has 1 atom stereocenters. The molecule has 0 heterocycles. The fraction of sp³-hybridized carbons (Fsp3) is 1.00. The van der Waals surface area contributed by atoms with Gasteiger partial charge in [0, 0.05) is 26.6 Å². The molecule has 2 nitrogen and oxygen atoms in total. The molecule has 0 aromatic carbocycles. The predicted molar refractivity (Wildman–Crippen MR) is 88.0 cm³/mol. The van der Waals surface area contributed by atoms with Gasteiger partial charge >= 0.3 is 0 Å². The van der Waals surface area contributed by atoms with Gasteiger partial charge in [0.25, 0.3) is 0 Å². The lowest BCUT2D eigenvalue weighted by Gasteiger charge is -2.41. The molecule has 2 heteroatoms. The van der Waals surface area contributed by atoms with Gasteiger partial charge in [-0.25, -0.2) is 0 Å². The average Bonchev–Trinajstić information content (AvgIpc) is 2.38. The fourth-order valence-electron chi connectivity index (χ4n) is 2.99. The SMILES string of the molecule is CCCCCCCCC(C)C(CC(C)(C)C)(OC)OC. The Bertz CT molecular complexity index is 226. The summed E-state index contributed by atoms with van der Waals surface area (Å²) in [4.78, 5) is 0. The molecule has 0 radical (unpaired) electrons. The first kappa shape index (κ1) is 19.9. The van der Waals surface area contributed by atoms with Crippen molar-refractivity contribution in [2.24, 2.45) is 11.3 Å². The minimum Gasteiger partial charge on any atom is -0.353 e. The number of ether oxygens (including phenoxy) is 2. The van der Waals surface area contributed by atoms with E-state index in [1.807, 2.05) is 0 Å². The van der Waals surface area contributed by atoms with E-state index in [2.05, 4.69) is 34.6 Å². The van der Waals surface area contributed by atoms with Crippen LogP contribution < -0.4 is 0 Å². The van der Waals surface area contributed by atoms with Crippen molar-refractivity contribution in [3.05, 3.63) is 0 Å². The van der Waals surface area contributed by atoms with Crippen LogP contribution in [0, 0.1) is 11.3 Å². The Morgan fingerprint density at radius 1 is 0.850 bits per heavy atom. The molecule has 0 aromatic heterocycles. The number of unbranched alkanes of at least 4 members (excludes halogenated alkanes) is 5. The zero-order valence-electron chi connectivity index (χ0n) is 15.1. The van der Waals surface area contributed by atoms with Crippen LogP contribution in [0.3, 0.4) is 0 Å². The van der Waals surface area contributed by atoms with Gasteiger partial charge in [0.05, 0.1) is 0 Å². The minimum atomic E-state index is -0.429. The van der Waals surface area contributed by atoms with Crippen molar-refractivity contribution in [3.8, 4) is 0 Å². The summed E-state index contributed by atoms with van der Waals surface area (Å²) in [6.45, 7) is 11.3. The molecule has 0 aliphatic rings. The van der Waals surface area contributed by atoms with Gasteiger partial charge in [-0.1, -0.05) is 73.1 Å². The predicted octanol–water partition coefficient (Wildman–Crippen LogP) is 5.80. The summed E-state index contributed by atoms with van der Waals surface area (Å²) >= 11 is 0. The molecule has 0 bridgehead atoms. The number of methoxy groups -OCH3 is 2. The molecule has 0 aromatic rings. The summed E-state index contributed by atoms with van der Waals surface area (Å²) in [6, 6.07) is 0. The first-order valence-electron chi connectivity index (χ1n) is 8.41. The lowest BCUT2D eigenvalue weighted by Crippen LogP contribution is -2.44. The first-order chi connectivity index (χ1) is 9.31. The highest BCUT2D eigenvalue weighted by atomic mass is 16.7. The largest absolute Gasteiger partial charge is 0.353 e. The summed E-state index contributed by atoms with van der Waals surface area (Å²) in [5.41, 5.74) is 0.210. The fourth-order valence-corrected chi connectivity index (χ4v) is 2.99. The molecule has 0 fully saturated rings. The zero-order chi connectivity index (χ0) is 15.6. The maximum atomic E-state index is 5.80. The van der Waals surface area contributed by atoms with E-state index in [9.17, 15) is 0 Å². The van der Waals surface area contributed by atoms with Crippen molar-refractivity contribution in [2.45, 2.75) is 91.8 Å². The van der Waals surface area contributed by atoms with Crippen LogP contribution in [0.5, 0.6) is 0 Å². The van der Waals surface area contributed by atoms with E-state index in [1.54, 1.807) is 14.2 Å². The van der Waals surface area contributed by atoms with Gasteiger partial charge in [-0.05, 0) is 11.8 Å². The van der Waals surface area contributed by atoms with Gasteiger partial charge < -0.3 is 9.47 Å². The summed E-state index contributed by atoms with van der Waals surface area (Å²) in [5.74, 6) is 0.00434. The topological polar surface area (TPSA) is 18.5 Å². The number of rotatable bonds is 11. The maximum Gasteiger partial charge on any atom is 0.170 e. The van der Waals surface area contributed by atoms with E-state index in [0.29, 0.717) is 5.92 Å². The van der Waals surface area contributed by atoms with Crippen molar-refractivity contribution < 1.29 is 9.47 Å². The quantitative estimate of drug-likeness (QED) is 0.353. The van der Waals surface area contributed by atoms with Crippen LogP contribution in [-0.4, -0.2) is 20.0 Å². The van der Waals surface area contributed by atoms with Gasteiger partial charge in [0.15, 0.2) is 5.79 Å². The van der Waals surface area contributed by atoms with Gasteiger partial charge in [0.2, 0.25) is 0 Å². The molecular weight excluding hydrogens is 248 g/mol. The monoisotopic (exact) mass is 286 g/mol. The van der Waals surface area contributed by atoms with Crippen molar-refractivity contribution in [3.63, 3.8) is 0 Å². The molecule has 0 aliphatic heterocycles. The molecule has 0 rings (SSSR count). The van der Waals surface area contributed by atoms with Crippen LogP contribution in [0.4, 0.5) is 0 Å². The second-order valence-electron chi connectivity index (χ2n) is 7.42. The van der Waals surface area contributed by atoms with Crippen LogP contribution >= 0.6 is 0 Å². The molecule has 0 aliphatic carbocycles.